The molecule has 0 amide bonds. The number of ketones is 1. The van der Waals surface area contributed by atoms with Crippen molar-refractivity contribution in [1.29, 1.82) is 0 Å². The average Bonchev–Trinajstić information content (AvgIpc) is 2.61. The summed E-state index contributed by atoms with van der Waals surface area (Å²) in [6.07, 6.45) is 1.03. The summed E-state index contributed by atoms with van der Waals surface area (Å²) in [6, 6.07) is 20.9. The van der Waals surface area contributed by atoms with E-state index in [-0.39, 0.29) is 5.78 Å². The van der Waals surface area contributed by atoms with E-state index in [4.69, 9.17) is 0 Å². The van der Waals surface area contributed by atoms with Crippen molar-refractivity contribution in [3.63, 3.8) is 0 Å². The second kappa shape index (κ2) is 6.21. The van der Waals surface area contributed by atoms with Gasteiger partial charge in [-0.25, -0.2) is 0 Å². The van der Waals surface area contributed by atoms with Gasteiger partial charge in [0.2, 0.25) is 0 Å². The Morgan fingerprint density at radius 2 is 1.71 bits per heavy atom. The Hall–Kier alpha value is -2.45. The van der Waals surface area contributed by atoms with E-state index in [0.717, 1.165) is 41.4 Å². The number of carbonyl (C=O) groups excluding carboxylic acids is 1. The van der Waals surface area contributed by atoms with Crippen LogP contribution >= 0.6 is 0 Å². The fraction of sp³-hybridized carbons (Fsp3) is 0.227. The molecule has 4 rings (SSSR count). The smallest absolute Gasteiger partial charge is 0.177 e. The van der Waals surface area contributed by atoms with Crippen LogP contribution in [0.5, 0.6) is 0 Å². The van der Waals surface area contributed by atoms with Crippen molar-refractivity contribution >= 4 is 16.6 Å². The molecule has 0 radical (unpaired) electrons. The van der Waals surface area contributed by atoms with Crippen LogP contribution in [-0.2, 0) is 13.0 Å². The monoisotopic (exact) mass is 315 g/mol. The van der Waals surface area contributed by atoms with Crippen LogP contribution in [0.15, 0.2) is 60.7 Å². The number of fused-ring (bicyclic) bond motifs is 2. The summed E-state index contributed by atoms with van der Waals surface area (Å²) in [6.45, 7) is 4.34. The van der Waals surface area contributed by atoms with Crippen molar-refractivity contribution in [1.82, 2.24) is 4.90 Å². The molecule has 1 aliphatic rings. The normalized spacial score (nSPS) is 14.5. The predicted octanol–water partition coefficient (Wildman–Crippen LogP) is 4.39. The molecule has 0 saturated carbocycles. The predicted molar refractivity (Wildman–Crippen MR) is 98.4 cm³/mol. The number of carbonyl (C=O) groups is 1. The van der Waals surface area contributed by atoms with Gasteiger partial charge in [-0.3, -0.25) is 9.69 Å². The molecule has 0 aliphatic carbocycles. The lowest BCUT2D eigenvalue weighted by Crippen LogP contribution is -2.35. The summed E-state index contributed by atoms with van der Waals surface area (Å²) in [5, 5.41) is 2.20. The molecule has 2 heteroatoms. The van der Waals surface area contributed by atoms with Gasteiger partial charge in [0.05, 0.1) is 6.54 Å². The van der Waals surface area contributed by atoms with E-state index in [1.807, 2.05) is 19.1 Å². The fourth-order valence-electron chi connectivity index (χ4n) is 3.72. The molecule has 2 nitrogen and oxygen atoms in total. The van der Waals surface area contributed by atoms with E-state index < -0.39 is 0 Å². The minimum absolute atomic E-state index is 0.226. The number of rotatable bonds is 3. The van der Waals surface area contributed by atoms with Gasteiger partial charge in [-0.2, -0.15) is 0 Å². The van der Waals surface area contributed by atoms with E-state index in [1.54, 1.807) is 0 Å². The van der Waals surface area contributed by atoms with E-state index in [0.29, 0.717) is 6.54 Å². The first-order valence-electron chi connectivity index (χ1n) is 8.53. The third-order valence-corrected chi connectivity index (χ3v) is 4.99. The molecule has 1 aliphatic heterocycles. The van der Waals surface area contributed by atoms with Crippen LogP contribution in [0, 0.1) is 6.92 Å². The van der Waals surface area contributed by atoms with E-state index >= 15 is 0 Å². The zero-order valence-electron chi connectivity index (χ0n) is 14.0. The minimum Gasteiger partial charge on any atom is -0.293 e. The number of aryl methyl sites for hydroxylation is 1. The highest BCUT2D eigenvalue weighted by Gasteiger charge is 2.20. The van der Waals surface area contributed by atoms with Crippen LogP contribution in [0.2, 0.25) is 0 Å². The van der Waals surface area contributed by atoms with Gasteiger partial charge in [0.25, 0.3) is 0 Å². The molecule has 120 valence electrons. The molecule has 1 heterocycles. The lowest BCUT2D eigenvalue weighted by atomic mass is 9.95. The van der Waals surface area contributed by atoms with Crippen molar-refractivity contribution in [2.45, 2.75) is 19.9 Å². The molecule has 0 fully saturated rings. The van der Waals surface area contributed by atoms with Crippen molar-refractivity contribution < 1.29 is 4.79 Å². The Labute approximate surface area is 142 Å². The quantitative estimate of drug-likeness (QED) is 0.668. The number of nitrogens with zero attached hydrogens (tertiary/aromatic N) is 1. The van der Waals surface area contributed by atoms with Crippen molar-refractivity contribution in [3.8, 4) is 0 Å². The SMILES string of the molecule is Cc1ccc2ccccc2c1C(=O)CN1CCc2ccccc2C1. The molecule has 0 spiro atoms. The lowest BCUT2D eigenvalue weighted by molar-refractivity contribution is 0.0922. The first-order valence-corrected chi connectivity index (χ1v) is 8.53. The first kappa shape index (κ1) is 15.1. The van der Waals surface area contributed by atoms with Crippen LogP contribution in [0.3, 0.4) is 0 Å². The fourth-order valence-corrected chi connectivity index (χ4v) is 3.72. The Kier molecular flexibility index (Phi) is 3.91. The molecule has 3 aromatic rings. The maximum absolute atomic E-state index is 13.0. The summed E-state index contributed by atoms with van der Waals surface area (Å²) < 4.78 is 0. The molecule has 0 unspecified atom stereocenters. The second-order valence-corrected chi connectivity index (χ2v) is 6.63. The second-order valence-electron chi connectivity index (χ2n) is 6.63. The topological polar surface area (TPSA) is 20.3 Å². The van der Waals surface area contributed by atoms with Crippen molar-refractivity contribution in [2.24, 2.45) is 0 Å². The van der Waals surface area contributed by atoms with Crippen LogP contribution < -0.4 is 0 Å². The van der Waals surface area contributed by atoms with Crippen molar-refractivity contribution in [3.05, 3.63) is 82.9 Å². The number of hydrogen-bond acceptors (Lipinski definition) is 2. The molecule has 0 aromatic heterocycles. The van der Waals surface area contributed by atoms with Crippen molar-refractivity contribution in [2.75, 3.05) is 13.1 Å². The number of Topliss-reactive ketones (excluding diaryl/α,β-unsaturated/α-hetero) is 1. The maximum atomic E-state index is 13.0. The largest absolute Gasteiger partial charge is 0.293 e. The minimum atomic E-state index is 0.226. The van der Waals surface area contributed by atoms with Crippen LogP contribution in [0.1, 0.15) is 27.0 Å². The molecule has 0 bridgehead atoms. The summed E-state index contributed by atoms with van der Waals surface area (Å²) in [7, 11) is 0. The van der Waals surface area contributed by atoms with Crippen LogP contribution in [-0.4, -0.2) is 23.8 Å². The van der Waals surface area contributed by atoms with Gasteiger partial charge in [0, 0.05) is 18.7 Å². The van der Waals surface area contributed by atoms with E-state index in [2.05, 4.69) is 53.4 Å². The van der Waals surface area contributed by atoms with Crippen LogP contribution in [0.4, 0.5) is 0 Å². The zero-order valence-corrected chi connectivity index (χ0v) is 14.0. The van der Waals surface area contributed by atoms with Gasteiger partial charge in [0.15, 0.2) is 5.78 Å². The Bertz CT molecular complexity index is 913. The summed E-state index contributed by atoms with van der Waals surface area (Å²) in [5.41, 5.74) is 4.72. The molecule has 24 heavy (non-hydrogen) atoms. The zero-order chi connectivity index (χ0) is 16.5. The Morgan fingerprint density at radius 1 is 0.958 bits per heavy atom. The van der Waals surface area contributed by atoms with E-state index in [1.165, 1.54) is 11.1 Å². The highest BCUT2D eigenvalue weighted by Crippen LogP contribution is 2.24. The molecule has 3 aromatic carbocycles. The average molecular weight is 315 g/mol. The molecular formula is C22H21NO. The molecule has 0 saturated heterocycles. The van der Waals surface area contributed by atoms with Crippen LogP contribution in [0.25, 0.3) is 10.8 Å². The number of hydrogen-bond donors (Lipinski definition) is 0. The Morgan fingerprint density at radius 3 is 2.58 bits per heavy atom. The summed E-state index contributed by atoms with van der Waals surface area (Å²) >= 11 is 0. The first-order chi connectivity index (χ1) is 11.7. The van der Waals surface area contributed by atoms with Gasteiger partial charge < -0.3 is 0 Å². The lowest BCUT2D eigenvalue weighted by Gasteiger charge is -2.28. The van der Waals surface area contributed by atoms with Gasteiger partial charge >= 0.3 is 0 Å². The summed E-state index contributed by atoms with van der Waals surface area (Å²) in [4.78, 5) is 15.3. The third-order valence-electron chi connectivity index (χ3n) is 4.99. The molecular weight excluding hydrogens is 294 g/mol. The third kappa shape index (κ3) is 2.74. The van der Waals surface area contributed by atoms with Gasteiger partial charge in [-0.15, -0.1) is 0 Å². The number of benzene rings is 3. The van der Waals surface area contributed by atoms with Gasteiger partial charge in [-0.1, -0.05) is 60.7 Å². The maximum Gasteiger partial charge on any atom is 0.177 e. The van der Waals surface area contributed by atoms with Gasteiger partial charge in [0.1, 0.15) is 0 Å². The molecule has 0 atom stereocenters. The van der Waals surface area contributed by atoms with E-state index in [9.17, 15) is 4.79 Å². The standard InChI is InChI=1S/C22H21NO/c1-16-10-11-18-7-4-5-9-20(18)22(16)21(24)15-23-13-12-17-6-2-3-8-19(17)14-23/h2-11H,12-15H2,1H3. The summed E-state index contributed by atoms with van der Waals surface area (Å²) in [5.74, 6) is 0.226. The highest BCUT2D eigenvalue weighted by atomic mass is 16.1. The van der Waals surface area contributed by atoms with Gasteiger partial charge in [-0.05, 0) is 40.8 Å². The highest BCUT2D eigenvalue weighted by molar-refractivity contribution is 6.10. The Balaban J connectivity index is 1.61. The molecule has 0 N–H and O–H groups in total.